The fourth-order valence-electron chi connectivity index (χ4n) is 2.59. The molecule has 31 heavy (non-hydrogen) atoms. The molecule has 0 radical (unpaired) electrons. The molecule has 0 saturated carbocycles. The molecule has 1 fully saturated rings. The molecule has 2 aromatic rings. The van der Waals surface area contributed by atoms with E-state index in [1.165, 1.54) is 11.1 Å². The van der Waals surface area contributed by atoms with Crippen LogP contribution in [0.25, 0.3) is 5.65 Å². The summed E-state index contributed by atoms with van der Waals surface area (Å²) < 4.78 is 6.53. The van der Waals surface area contributed by atoms with Gasteiger partial charge in [0.25, 0.3) is 5.84 Å². The fourth-order valence-corrected chi connectivity index (χ4v) is 4.26. The van der Waals surface area contributed by atoms with Gasteiger partial charge in [-0.15, -0.1) is 0 Å². The van der Waals surface area contributed by atoms with Crippen molar-refractivity contribution in [3.05, 3.63) is 66.9 Å². The van der Waals surface area contributed by atoms with Crippen LogP contribution in [0.4, 0.5) is 0 Å². The number of imidazole rings is 1. The number of halogens is 4. The molecule has 11 heteroatoms. The molecule has 2 aromatic heterocycles. The smallest absolute Gasteiger partial charge is 0.290 e. The van der Waals surface area contributed by atoms with Gasteiger partial charge in [0.15, 0.2) is 6.20 Å². The molecule has 0 aliphatic carbocycles. The minimum Gasteiger partial charge on any atom is -0.294 e. The lowest BCUT2D eigenvalue weighted by molar-refractivity contribution is -0.130. The van der Waals surface area contributed by atoms with Gasteiger partial charge in [0, 0.05) is 39.2 Å². The Morgan fingerprint density at radius 3 is 2.45 bits per heavy atom. The fraction of sp³-hybridized carbons (Fsp3) is 0.200. The van der Waals surface area contributed by atoms with Gasteiger partial charge in [0.2, 0.25) is 18.0 Å². The zero-order valence-electron chi connectivity index (χ0n) is 16.4. The Morgan fingerprint density at radius 2 is 1.84 bits per heavy atom. The van der Waals surface area contributed by atoms with E-state index in [2.05, 4.69) is 88.0 Å². The van der Waals surface area contributed by atoms with Crippen molar-refractivity contribution in [3.63, 3.8) is 0 Å². The van der Waals surface area contributed by atoms with Crippen molar-refractivity contribution in [3.8, 4) is 0 Å². The number of aryl methyl sites for hydroxylation is 1. The van der Waals surface area contributed by atoms with Crippen molar-refractivity contribution < 1.29 is 9.59 Å². The maximum atomic E-state index is 10.5. The summed E-state index contributed by atoms with van der Waals surface area (Å²) in [6.45, 7) is 4.10. The molecule has 0 unspecified atom stereocenters. The molecule has 3 aliphatic rings. The Morgan fingerprint density at radius 1 is 1.16 bits per heavy atom. The third kappa shape index (κ3) is 6.01. The number of nitrogens with zero attached hydrogens (tertiary/aromatic N) is 5. The van der Waals surface area contributed by atoms with E-state index in [4.69, 9.17) is 0 Å². The van der Waals surface area contributed by atoms with Gasteiger partial charge in [0.1, 0.15) is 9.35 Å². The molecule has 2 amide bonds. The number of aromatic nitrogens is 2. The third-order valence-corrected chi connectivity index (χ3v) is 7.89. The van der Waals surface area contributed by atoms with E-state index in [1.807, 2.05) is 36.5 Å². The van der Waals surface area contributed by atoms with E-state index in [9.17, 15) is 9.59 Å². The number of hydrogen-bond acceptors (Lipinski definition) is 5. The Kier molecular flexibility index (Phi) is 8.41. The highest BCUT2D eigenvalue weighted by molar-refractivity contribution is 14.1. The quantitative estimate of drug-likeness (QED) is 0.150. The van der Waals surface area contributed by atoms with Crippen LogP contribution >= 0.6 is 77.3 Å². The van der Waals surface area contributed by atoms with Gasteiger partial charge in [0.05, 0.1) is 35.1 Å². The molecular weight excluding hydrogens is 756 g/mol. The van der Waals surface area contributed by atoms with E-state index < -0.39 is 0 Å². The number of aliphatic imine (C=N–C) groups is 1. The number of amidine groups is 1. The number of imide groups is 1. The minimum absolute atomic E-state index is 0.0735. The summed E-state index contributed by atoms with van der Waals surface area (Å²) in [4.78, 5) is 31.2. The van der Waals surface area contributed by atoms with Crippen LogP contribution in [0.3, 0.4) is 0 Å². The van der Waals surface area contributed by atoms with Crippen LogP contribution in [0.2, 0.25) is 0 Å². The first-order valence-corrected chi connectivity index (χ1v) is 12.6. The van der Waals surface area contributed by atoms with Crippen LogP contribution in [-0.4, -0.2) is 35.0 Å². The zero-order chi connectivity index (χ0) is 22.7. The highest BCUT2D eigenvalue weighted by atomic mass is 127. The predicted octanol–water partition coefficient (Wildman–Crippen LogP) is 5.67. The van der Waals surface area contributed by atoms with Crippen molar-refractivity contribution in [1.29, 1.82) is 0 Å². The molecule has 5 rings (SSSR count). The lowest BCUT2D eigenvalue weighted by Gasteiger charge is -2.09. The first-order valence-electron chi connectivity index (χ1n) is 8.98. The highest BCUT2D eigenvalue weighted by Crippen LogP contribution is 2.24. The van der Waals surface area contributed by atoms with Crippen LogP contribution in [0.5, 0.6) is 0 Å². The van der Waals surface area contributed by atoms with Gasteiger partial charge < -0.3 is 0 Å². The van der Waals surface area contributed by atoms with Gasteiger partial charge >= 0.3 is 0 Å². The molecule has 3 aliphatic heterocycles. The lowest BCUT2D eigenvalue weighted by Crippen LogP contribution is -2.18. The molecule has 0 N–H and O–H groups in total. The van der Waals surface area contributed by atoms with Crippen molar-refractivity contribution in [1.82, 2.24) is 17.4 Å². The summed E-state index contributed by atoms with van der Waals surface area (Å²) in [6, 6.07) is 2.06. The molecular formula is C20H16Br2I2N5O2+. The van der Waals surface area contributed by atoms with E-state index in [0.717, 1.165) is 27.3 Å². The lowest BCUT2D eigenvalue weighted by atomic mass is 10.2. The summed E-state index contributed by atoms with van der Waals surface area (Å²) in [7, 11) is 0. The van der Waals surface area contributed by atoms with Crippen LogP contribution in [0.15, 0.2) is 56.5 Å². The number of pyridine rings is 1. The second-order valence-electron chi connectivity index (χ2n) is 6.62. The first-order chi connectivity index (χ1) is 14.7. The Labute approximate surface area is 224 Å². The number of carbonyl (C=O) groups is 2. The zero-order valence-corrected chi connectivity index (χ0v) is 23.9. The molecule has 0 bridgehead atoms. The van der Waals surface area contributed by atoms with Crippen LogP contribution < -0.4 is 0 Å². The molecule has 5 heterocycles. The summed E-state index contributed by atoms with van der Waals surface area (Å²) in [5.41, 5.74) is 3.40. The molecule has 160 valence electrons. The van der Waals surface area contributed by atoms with Crippen molar-refractivity contribution in [2.24, 2.45) is 4.99 Å². The van der Waals surface area contributed by atoms with E-state index in [1.54, 1.807) is 29.1 Å². The summed E-state index contributed by atoms with van der Waals surface area (Å²) in [6.07, 6.45) is 13.3. The maximum absolute atomic E-state index is 10.5. The molecule has 7 nitrogen and oxygen atoms in total. The van der Waals surface area contributed by atoms with Crippen LogP contribution in [-0.2, 0) is 9.59 Å². The van der Waals surface area contributed by atoms with Crippen LogP contribution in [0.1, 0.15) is 25.3 Å². The molecule has 0 spiro atoms. The van der Waals surface area contributed by atoms with Gasteiger partial charge in [-0.25, -0.2) is 8.10 Å². The van der Waals surface area contributed by atoms with Crippen molar-refractivity contribution in [2.75, 3.05) is 0 Å². The SMILES string of the molecule is CC1=CC2=N[C+]=CN2C=C1Br.Cc1cc2ncc(I)n2cc1Br.O=C1CCC(=O)N1I. The average Bonchev–Trinajstić information content (AvgIpc) is 3.41. The Hall–Kier alpha value is -1.15. The topological polar surface area (TPSA) is 70.3 Å². The first kappa shape index (κ1) is 24.5. The molecule has 0 atom stereocenters. The van der Waals surface area contributed by atoms with Crippen molar-refractivity contribution >= 4 is 101 Å². The second-order valence-corrected chi connectivity index (χ2v) is 10.4. The third-order valence-electron chi connectivity index (χ3n) is 4.35. The predicted molar refractivity (Wildman–Crippen MR) is 143 cm³/mol. The minimum atomic E-state index is -0.0735. The number of amides is 2. The van der Waals surface area contributed by atoms with E-state index in [-0.39, 0.29) is 11.8 Å². The number of carbonyl (C=O) groups excluding carboxylic acids is 2. The van der Waals surface area contributed by atoms with Gasteiger partial charge in [-0.3, -0.25) is 14.0 Å². The number of fused-ring (bicyclic) bond motifs is 2. The average molecular weight is 772 g/mol. The standard InChI is InChI=1S/C8H6BrIN2.C8H6BrN2.C4H4INO2/c1-5-2-8-11-3-7(10)12(8)4-6(5)9;1-6-4-8-10-2-3-11(8)5-7(6)9;5-6-3(7)1-2-4(6)8/h2-4H,1H3;3-5H,1H3;1-2H2/q;+1;. The van der Waals surface area contributed by atoms with E-state index in [0.29, 0.717) is 12.8 Å². The van der Waals surface area contributed by atoms with Crippen LogP contribution in [0, 0.1) is 16.8 Å². The highest BCUT2D eigenvalue weighted by Gasteiger charge is 2.26. The number of allylic oxidation sites excluding steroid dienone is 2. The summed E-state index contributed by atoms with van der Waals surface area (Å²) in [5, 5.41) is 0. The molecule has 1 saturated heterocycles. The van der Waals surface area contributed by atoms with Crippen molar-refractivity contribution in [2.45, 2.75) is 26.7 Å². The Bertz CT molecular complexity index is 1150. The number of hydrogen-bond donors (Lipinski definition) is 0. The molecule has 0 aromatic carbocycles. The van der Waals surface area contributed by atoms with Gasteiger partial charge in [-0.1, -0.05) is 0 Å². The summed E-state index contributed by atoms with van der Waals surface area (Å²) in [5.74, 6) is 0.789. The summed E-state index contributed by atoms with van der Waals surface area (Å²) >= 11 is 10.9. The second kappa shape index (κ2) is 10.6. The number of rotatable bonds is 0. The van der Waals surface area contributed by atoms with Gasteiger partial charge in [-0.2, -0.15) is 4.90 Å². The van der Waals surface area contributed by atoms with E-state index >= 15 is 0 Å². The van der Waals surface area contributed by atoms with Gasteiger partial charge in [-0.05, 0) is 85.5 Å². The largest absolute Gasteiger partial charge is 0.294 e. The normalized spacial score (nSPS) is 16.6. The monoisotopic (exact) mass is 770 g/mol. The maximum Gasteiger partial charge on any atom is 0.290 e. The Balaban J connectivity index is 0.000000135.